The third kappa shape index (κ3) is 2.54. The summed E-state index contributed by atoms with van der Waals surface area (Å²) in [5, 5.41) is 2.89. The first-order valence-corrected chi connectivity index (χ1v) is 7.50. The summed E-state index contributed by atoms with van der Waals surface area (Å²) in [6, 6.07) is 3.48. The van der Waals surface area contributed by atoms with Gasteiger partial charge in [-0.05, 0) is 25.1 Å². The summed E-state index contributed by atoms with van der Waals surface area (Å²) in [5.41, 5.74) is 5.81. The van der Waals surface area contributed by atoms with E-state index in [0.717, 1.165) is 4.31 Å². The Labute approximate surface area is 116 Å². The Bertz CT molecular complexity index is 618. The van der Waals surface area contributed by atoms with Gasteiger partial charge in [0.1, 0.15) is 10.9 Å². The monoisotopic (exact) mass is 303 g/mol. The van der Waals surface area contributed by atoms with Gasteiger partial charge in [0.05, 0.1) is 5.69 Å². The zero-order valence-electron chi connectivity index (χ0n) is 10.3. The Morgan fingerprint density at radius 2 is 2.16 bits per heavy atom. The van der Waals surface area contributed by atoms with Gasteiger partial charge in [-0.1, -0.05) is 11.6 Å². The molecule has 1 aromatic carbocycles. The number of benzene rings is 1. The van der Waals surface area contributed by atoms with Crippen molar-refractivity contribution in [1.29, 1.82) is 0 Å². The highest BCUT2D eigenvalue weighted by Crippen LogP contribution is 2.27. The molecule has 1 amide bonds. The number of piperazine rings is 1. The third-order valence-corrected chi connectivity index (χ3v) is 5.27. The first-order chi connectivity index (χ1) is 8.84. The molecule has 0 aliphatic carbocycles. The molecular weight excluding hydrogens is 290 g/mol. The number of sulfonamides is 1. The smallest absolute Gasteiger partial charge is 0.245 e. The summed E-state index contributed by atoms with van der Waals surface area (Å²) >= 11 is 5.81. The number of amides is 1. The van der Waals surface area contributed by atoms with E-state index < -0.39 is 16.1 Å². The van der Waals surface area contributed by atoms with Crippen molar-refractivity contribution in [2.24, 2.45) is 0 Å². The minimum atomic E-state index is -3.83. The Morgan fingerprint density at radius 3 is 2.84 bits per heavy atom. The molecule has 3 N–H and O–H groups in total. The molecule has 6 nitrogen and oxygen atoms in total. The molecule has 0 radical (unpaired) electrons. The molecule has 0 saturated carbocycles. The second-order valence-corrected chi connectivity index (χ2v) is 6.56. The lowest BCUT2D eigenvalue weighted by Crippen LogP contribution is -2.55. The van der Waals surface area contributed by atoms with Crippen LogP contribution in [0.15, 0.2) is 23.1 Å². The summed E-state index contributed by atoms with van der Waals surface area (Å²) in [4.78, 5) is 11.5. The van der Waals surface area contributed by atoms with Gasteiger partial charge in [-0.2, -0.15) is 4.31 Å². The van der Waals surface area contributed by atoms with Gasteiger partial charge in [0, 0.05) is 18.1 Å². The van der Waals surface area contributed by atoms with Gasteiger partial charge in [-0.3, -0.25) is 4.79 Å². The third-order valence-electron chi connectivity index (χ3n) is 3.01. The molecule has 1 atom stereocenters. The van der Waals surface area contributed by atoms with Crippen molar-refractivity contribution < 1.29 is 13.2 Å². The van der Waals surface area contributed by atoms with E-state index in [-0.39, 0.29) is 34.6 Å². The molecule has 1 aliphatic heterocycles. The molecule has 104 valence electrons. The molecule has 0 spiro atoms. The number of carbonyl (C=O) groups is 1. The molecule has 1 fully saturated rings. The standard InChI is InChI=1S/C11H14ClN3O3S/c1-7-11(16)14-4-5-15(7)19(17,18)10-6-8(12)2-3-9(10)13/h2-3,6-7H,4-5,13H2,1H3,(H,14,16). The summed E-state index contributed by atoms with van der Waals surface area (Å²) in [7, 11) is -3.83. The molecule has 1 unspecified atom stereocenters. The van der Waals surface area contributed by atoms with Gasteiger partial charge >= 0.3 is 0 Å². The zero-order valence-corrected chi connectivity index (χ0v) is 11.8. The van der Waals surface area contributed by atoms with Gasteiger partial charge in [0.15, 0.2) is 0 Å². The minimum Gasteiger partial charge on any atom is -0.398 e. The van der Waals surface area contributed by atoms with Crippen LogP contribution < -0.4 is 11.1 Å². The van der Waals surface area contributed by atoms with Crippen LogP contribution in [-0.2, 0) is 14.8 Å². The number of rotatable bonds is 2. The Kier molecular flexibility index (Phi) is 3.71. The predicted molar refractivity (Wildman–Crippen MR) is 72.2 cm³/mol. The van der Waals surface area contributed by atoms with Gasteiger partial charge in [-0.25, -0.2) is 8.42 Å². The molecule has 19 heavy (non-hydrogen) atoms. The molecule has 2 rings (SSSR count). The lowest BCUT2D eigenvalue weighted by molar-refractivity contribution is -0.126. The Balaban J connectivity index is 2.47. The average molecular weight is 304 g/mol. The summed E-state index contributed by atoms with van der Waals surface area (Å²) < 4.78 is 26.2. The van der Waals surface area contributed by atoms with E-state index in [1.165, 1.54) is 25.1 Å². The molecule has 0 bridgehead atoms. The molecule has 1 aliphatic rings. The summed E-state index contributed by atoms with van der Waals surface area (Å²) in [5.74, 6) is -0.324. The van der Waals surface area contributed by atoms with Gasteiger partial charge in [0.25, 0.3) is 0 Å². The molecule has 8 heteroatoms. The van der Waals surface area contributed by atoms with E-state index in [1.54, 1.807) is 0 Å². The van der Waals surface area contributed by atoms with Crippen LogP contribution in [-0.4, -0.2) is 37.8 Å². The van der Waals surface area contributed by atoms with Crippen molar-refractivity contribution >= 4 is 33.2 Å². The first kappa shape index (κ1) is 14.1. The number of hydrogen-bond donors (Lipinski definition) is 2. The average Bonchev–Trinajstić information content (AvgIpc) is 2.35. The normalized spacial score (nSPS) is 21.2. The highest BCUT2D eigenvalue weighted by molar-refractivity contribution is 7.89. The van der Waals surface area contributed by atoms with Crippen LogP contribution in [0.25, 0.3) is 0 Å². The second kappa shape index (κ2) is 4.99. The van der Waals surface area contributed by atoms with Crippen LogP contribution in [0, 0.1) is 0 Å². The highest BCUT2D eigenvalue weighted by Gasteiger charge is 2.36. The molecule has 1 heterocycles. The SMILES string of the molecule is CC1C(=O)NCCN1S(=O)(=O)c1cc(Cl)ccc1N. The van der Waals surface area contributed by atoms with E-state index in [1.807, 2.05) is 0 Å². The molecular formula is C11H14ClN3O3S. The maximum atomic E-state index is 12.5. The van der Waals surface area contributed by atoms with E-state index in [0.29, 0.717) is 0 Å². The lowest BCUT2D eigenvalue weighted by atomic mass is 10.2. The maximum absolute atomic E-state index is 12.5. The fraction of sp³-hybridized carbons (Fsp3) is 0.364. The highest BCUT2D eigenvalue weighted by atomic mass is 35.5. The van der Waals surface area contributed by atoms with E-state index in [2.05, 4.69) is 5.32 Å². The topological polar surface area (TPSA) is 92.5 Å². The first-order valence-electron chi connectivity index (χ1n) is 5.68. The van der Waals surface area contributed by atoms with Crippen LogP contribution in [0.5, 0.6) is 0 Å². The number of halogens is 1. The fourth-order valence-corrected chi connectivity index (χ4v) is 3.92. The minimum absolute atomic E-state index is 0.0680. The van der Waals surface area contributed by atoms with E-state index in [9.17, 15) is 13.2 Å². The number of nitrogen functional groups attached to an aromatic ring is 1. The zero-order chi connectivity index (χ0) is 14.2. The Hall–Kier alpha value is -1.31. The van der Waals surface area contributed by atoms with Gasteiger partial charge in [0.2, 0.25) is 15.9 Å². The number of hydrogen-bond acceptors (Lipinski definition) is 4. The van der Waals surface area contributed by atoms with E-state index in [4.69, 9.17) is 17.3 Å². The number of carbonyl (C=O) groups excluding carboxylic acids is 1. The number of nitrogens with two attached hydrogens (primary N) is 1. The molecule has 0 aromatic heterocycles. The quantitative estimate of drug-likeness (QED) is 0.775. The number of anilines is 1. The maximum Gasteiger partial charge on any atom is 0.245 e. The van der Waals surface area contributed by atoms with Crippen LogP contribution in [0.3, 0.4) is 0 Å². The number of nitrogens with one attached hydrogen (secondary N) is 1. The Morgan fingerprint density at radius 1 is 1.47 bits per heavy atom. The van der Waals surface area contributed by atoms with Crippen molar-refractivity contribution in [3.05, 3.63) is 23.2 Å². The van der Waals surface area contributed by atoms with Crippen molar-refractivity contribution in [2.75, 3.05) is 18.8 Å². The molecule has 1 saturated heterocycles. The van der Waals surface area contributed by atoms with Crippen molar-refractivity contribution in [3.63, 3.8) is 0 Å². The largest absolute Gasteiger partial charge is 0.398 e. The fourth-order valence-electron chi connectivity index (χ4n) is 1.95. The van der Waals surface area contributed by atoms with Crippen LogP contribution >= 0.6 is 11.6 Å². The van der Waals surface area contributed by atoms with Gasteiger partial charge < -0.3 is 11.1 Å². The lowest BCUT2D eigenvalue weighted by Gasteiger charge is -2.32. The van der Waals surface area contributed by atoms with Gasteiger partial charge in [-0.15, -0.1) is 0 Å². The second-order valence-electron chi connectivity index (χ2n) is 4.26. The van der Waals surface area contributed by atoms with Crippen LogP contribution in [0.4, 0.5) is 5.69 Å². The van der Waals surface area contributed by atoms with Crippen molar-refractivity contribution in [2.45, 2.75) is 17.9 Å². The summed E-state index contributed by atoms with van der Waals surface area (Å²) in [6.07, 6.45) is 0. The van der Waals surface area contributed by atoms with Crippen molar-refractivity contribution in [3.8, 4) is 0 Å². The summed E-state index contributed by atoms with van der Waals surface area (Å²) in [6.45, 7) is 2.02. The molecule has 1 aromatic rings. The van der Waals surface area contributed by atoms with E-state index >= 15 is 0 Å². The van der Waals surface area contributed by atoms with Crippen molar-refractivity contribution in [1.82, 2.24) is 9.62 Å². The van der Waals surface area contributed by atoms with Crippen LogP contribution in [0.1, 0.15) is 6.92 Å². The van der Waals surface area contributed by atoms with Crippen LogP contribution in [0.2, 0.25) is 5.02 Å². The predicted octanol–water partition coefficient (Wildman–Crippen LogP) is 0.431. The number of nitrogens with zero attached hydrogens (tertiary/aromatic N) is 1.